The van der Waals surface area contributed by atoms with Gasteiger partial charge in [-0.05, 0) is 19.2 Å². The summed E-state index contributed by atoms with van der Waals surface area (Å²) < 4.78 is 1.08. The van der Waals surface area contributed by atoms with Crippen LogP contribution in [0.15, 0.2) is 41.7 Å². The van der Waals surface area contributed by atoms with Gasteiger partial charge in [0.2, 0.25) is 0 Å². The van der Waals surface area contributed by atoms with Crippen LogP contribution in [-0.4, -0.2) is 22.0 Å². The molecule has 2 heterocycles. The monoisotopic (exact) mass is 300 g/mol. The zero-order valence-corrected chi connectivity index (χ0v) is 12.7. The fourth-order valence-electron chi connectivity index (χ4n) is 2.12. The number of ketones is 1. The quantitative estimate of drug-likeness (QED) is 0.411. The van der Waals surface area contributed by atoms with Gasteiger partial charge in [-0.1, -0.05) is 24.3 Å². The summed E-state index contributed by atoms with van der Waals surface area (Å²) in [5.74, 6) is 0.0780. The maximum Gasteiger partial charge on any atom is 0.160 e. The van der Waals surface area contributed by atoms with Gasteiger partial charge < -0.3 is 0 Å². The second-order valence-corrected chi connectivity index (χ2v) is 6.16. The van der Waals surface area contributed by atoms with Crippen molar-refractivity contribution in [2.24, 2.45) is 0 Å². The molecule has 0 spiro atoms. The third-order valence-electron chi connectivity index (χ3n) is 3.04. The molecule has 3 aromatic rings. The van der Waals surface area contributed by atoms with Crippen molar-refractivity contribution >= 4 is 39.1 Å². The van der Waals surface area contributed by atoms with Crippen LogP contribution in [0.5, 0.6) is 0 Å². The molecule has 0 unspecified atom stereocenters. The summed E-state index contributed by atoms with van der Waals surface area (Å²) in [5.41, 5.74) is 2.65. The van der Waals surface area contributed by atoms with Gasteiger partial charge in [-0.2, -0.15) is 0 Å². The van der Waals surface area contributed by atoms with Gasteiger partial charge in [-0.15, -0.1) is 23.1 Å². The number of hydrogen-bond acceptors (Lipinski definition) is 5. The fourth-order valence-corrected chi connectivity index (χ4v) is 3.97. The molecule has 0 bridgehead atoms. The summed E-state index contributed by atoms with van der Waals surface area (Å²) in [6.45, 7) is 1.60. The van der Waals surface area contributed by atoms with Crippen LogP contribution in [0.2, 0.25) is 0 Å². The fraction of sp³-hybridized carbons (Fsp3) is 0.133. The molecular formula is C15H12N2OS2. The van der Waals surface area contributed by atoms with Gasteiger partial charge in [0.15, 0.2) is 5.78 Å². The first-order valence-electron chi connectivity index (χ1n) is 6.09. The maximum atomic E-state index is 11.8. The van der Waals surface area contributed by atoms with Crippen LogP contribution >= 0.6 is 23.1 Å². The average molecular weight is 300 g/mol. The Morgan fingerprint density at radius 2 is 2.05 bits per heavy atom. The SMILES string of the molecule is CSc1ncnc2cc(-c3ccccc3C(C)=O)sc12. The Kier molecular flexibility index (Phi) is 3.54. The van der Waals surface area contributed by atoms with E-state index in [2.05, 4.69) is 9.97 Å². The molecule has 5 heteroatoms. The number of fused-ring (bicyclic) bond motifs is 1. The molecule has 2 aromatic heterocycles. The average Bonchev–Trinajstić information content (AvgIpc) is 2.90. The Labute approximate surface area is 125 Å². The Morgan fingerprint density at radius 1 is 1.25 bits per heavy atom. The molecule has 1 aromatic carbocycles. The minimum Gasteiger partial charge on any atom is -0.294 e. The topological polar surface area (TPSA) is 42.9 Å². The molecule has 3 rings (SSSR count). The van der Waals surface area contributed by atoms with Gasteiger partial charge in [-0.3, -0.25) is 4.79 Å². The number of Topliss-reactive ketones (excluding diaryl/α,β-unsaturated/α-hetero) is 1. The molecule has 3 nitrogen and oxygen atoms in total. The minimum atomic E-state index is 0.0780. The third kappa shape index (κ3) is 2.23. The zero-order valence-electron chi connectivity index (χ0n) is 11.1. The molecule has 0 atom stereocenters. The molecule has 0 aliphatic rings. The predicted molar refractivity (Wildman–Crippen MR) is 84.6 cm³/mol. The molecular weight excluding hydrogens is 288 g/mol. The molecule has 0 radical (unpaired) electrons. The van der Waals surface area contributed by atoms with E-state index in [9.17, 15) is 4.79 Å². The molecule has 0 N–H and O–H groups in total. The molecule has 0 saturated carbocycles. The van der Waals surface area contributed by atoms with E-state index in [1.165, 1.54) is 0 Å². The third-order valence-corrected chi connectivity index (χ3v) is 5.03. The number of thiophene rings is 1. The Morgan fingerprint density at radius 3 is 2.80 bits per heavy atom. The first-order valence-corrected chi connectivity index (χ1v) is 8.13. The van der Waals surface area contributed by atoms with E-state index in [1.807, 2.05) is 36.6 Å². The number of aromatic nitrogens is 2. The molecule has 0 amide bonds. The molecule has 0 saturated heterocycles. The highest BCUT2D eigenvalue weighted by Gasteiger charge is 2.13. The smallest absolute Gasteiger partial charge is 0.160 e. The lowest BCUT2D eigenvalue weighted by Gasteiger charge is -2.03. The van der Waals surface area contributed by atoms with Crippen molar-refractivity contribution < 1.29 is 4.79 Å². The Balaban J connectivity index is 2.23. The summed E-state index contributed by atoms with van der Waals surface area (Å²) in [7, 11) is 0. The second-order valence-electron chi connectivity index (χ2n) is 4.31. The van der Waals surface area contributed by atoms with E-state index in [0.29, 0.717) is 0 Å². The van der Waals surface area contributed by atoms with Crippen LogP contribution in [0.1, 0.15) is 17.3 Å². The van der Waals surface area contributed by atoms with Crippen LogP contribution in [0.25, 0.3) is 20.7 Å². The lowest BCUT2D eigenvalue weighted by Crippen LogP contribution is -1.94. The molecule has 0 aliphatic carbocycles. The summed E-state index contributed by atoms with van der Waals surface area (Å²) in [4.78, 5) is 21.4. The van der Waals surface area contributed by atoms with Crippen LogP contribution in [0.3, 0.4) is 0 Å². The summed E-state index contributed by atoms with van der Waals surface area (Å²) in [6.07, 6.45) is 3.59. The van der Waals surface area contributed by atoms with Gasteiger partial charge in [0.1, 0.15) is 11.4 Å². The van der Waals surface area contributed by atoms with Gasteiger partial charge >= 0.3 is 0 Å². The van der Waals surface area contributed by atoms with E-state index < -0.39 is 0 Å². The first kappa shape index (κ1) is 13.3. The van der Waals surface area contributed by atoms with E-state index in [0.717, 1.165) is 31.2 Å². The number of thioether (sulfide) groups is 1. The van der Waals surface area contributed by atoms with Crippen LogP contribution in [0, 0.1) is 0 Å². The van der Waals surface area contributed by atoms with Crippen molar-refractivity contribution in [3.63, 3.8) is 0 Å². The van der Waals surface area contributed by atoms with Crippen molar-refractivity contribution in [1.29, 1.82) is 0 Å². The predicted octanol–water partition coefficient (Wildman–Crippen LogP) is 4.28. The van der Waals surface area contributed by atoms with Crippen molar-refractivity contribution in [3.8, 4) is 10.4 Å². The normalized spacial score (nSPS) is 10.9. The highest BCUT2D eigenvalue weighted by atomic mass is 32.2. The van der Waals surface area contributed by atoms with Gasteiger partial charge in [-0.25, -0.2) is 9.97 Å². The van der Waals surface area contributed by atoms with Gasteiger partial charge in [0.25, 0.3) is 0 Å². The summed E-state index contributed by atoms with van der Waals surface area (Å²) in [5, 5.41) is 0.978. The molecule has 0 aliphatic heterocycles. The van der Waals surface area contributed by atoms with Crippen molar-refractivity contribution in [2.75, 3.05) is 6.26 Å². The van der Waals surface area contributed by atoms with Crippen molar-refractivity contribution in [1.82, 2.24) is 9.97 Å². The van der Waals surface area contributed by atoms with Gasteiger partial charge in [0.05, 0.1) is 10.2 Å². The van der Waals surface area contributed by atoms with Crippen LogP contribution in [-0.2, 0) is 0 Å². The van der Waals surface area contributed by atoms with E-state index in [4.69, 9.17) is 0 Å². The highest BCUT2D eigenvalue weighted by molar-refractivity contribution is 7.98. The van der Waals surface area contributed by atoms with Crippen molar-refractivity contribution in [3.05, 3.63) is 42.2 Å². The number of carbonyl (C=O) groups excluding carboxylic acids is 1. The largest absolute Gasteiger partial charge is 0.294 e. The Hall–Kier alpha value is -1.72. The molecule has 20 heavy (non-hydrogen) atoms. The maximum absolute atomic E-state index is 11.8. The summed E-state index contributed by atoms with van der Waals surface area (Å²) in [6, 6.07) is 9.72. The second kappa shape index (κ2) is 5.34. The Bertz CT molecular complexity index is 795. The van der Waals surface area contributed by atoms with Crippen LogP contribution < -0.4 is 0 Å². The highest BCUT2D eigenvalue weighted by Crippen LogP contribution is 2.37. The van der Waals surface area contributed by atoms with Gasteiger partial charge in [0, 0.05) is 16.0 Å². The zero-order chi connectivity index (χ0) is 14.1. The van der Waals surface area contributed by atoms with Crippen molar-refractivity contribution in [2.45, 2.75) is 11.9 Å². The molecule has 0 fully saturated rings. The number of carbonyl (C=O) groups is 1. The minimum absolute atomic E-state index is 0.0780. The van der Waals surface area contributed by atoms with E-state index >= 15 is 0 Å². The number of nitrogens with zero attached hydrogens (tertiary/aromatic N) is 2. The first-order chi connectivity index (χ1) is 9.70. The van der Waals surface area contributed by atoms with Crippen LogP contribution in [0.4, 0.5) is 0 Å². The lowest BCUT2D eigenvalue weighted by atomic mass is 10.0. The number of rotatable bonds is 3. The molecule has 100 valence electrons. The van der Waals surface area contributed by atoms with E-state index in [1.54, 1.807) is 36.3 Å². The number of benzene rings is 1. The summed E-state index contributed by atoms with van der Waals surface area (Å²) >= 11 is 3.24. The number of hydrogen-bond donors (Lipinski definition) is 0. The lowest BCUT2D eigenvalue weighted by molar-refractivity contribution is 0.101. The van der Waals surface area contributed by atoms with E-state index in [-0.39, 0.29) is 5.78 Å². The standard InChI is InChI=1S/C15H12N2OS2/c1-9(18)10-5-3-4-6-11(10)13-7-12-14(20-13)15(19-2)17-8-16-12/h3-8H,1-2H3.